The van der Waals surface area contributed by atoms with Gasteiger partial charge in [0.15, 0.2) is 0 Å². The van der Waals surface area contributed by atoms with Gasteiger partial charge in [0.2, 0.25) is 0 Å². The van der Waals surface area contributed by atoms with Crippen molar-refractivity contribution in [1.82, 2.24) is 0 Å². The molecule has 0 unspecified atom stereocenters. The van der Waals surface area contributed by atoms with Crippen molar-refractivity contribution in [2.75, 3.05) is 14.2 Å². The molecule has 0 atom stereocenters. The van der Waals surface area contributed by atoms with Gasteiger partial charge in [-0.3, -0.25) is 0 Å². The van der Waals surface area contributed by atoms with Crippen LogP contribution in [0.15, 0.2) is 22.6 Å². The molecule has 2 rings (SSSR count). The average Bonchev–Trinajstić information content (AvgIpc) is 2.71. The first-order chi connectivity index (χ1) is 8.15. The molecule has 90 valence electrons. The van der Waals surface area contributed by atoms with Gasteiger partial charge >= 0.3 is 5.97 Å². The zero-order chi connectivity index (χ0) is 12.4. The molecule has 0 aliphatic carbocycles. The maximum atomic E-state index is 11.5. The highest BCUT2D eigenvalue weighted by atomic mass is 127. The zero-order valence-electron chi connectivity index (χ0n) is 9.45. The fourth-order valence-corrected chi connectivity index (χ4v) is 2.37. The first-order valence-corrected chi connectivity index (χ1v) is 6.03. The number of fused-ring (bicyclic) bond motifs is 1. The molecule has 0 bridgehead atoms. The van der Waals surface area contributed by atoms with E-state index in [1.165, 1.54) is 7.11 Å². The fraction of sp³-hybridized carbons (Fsp3) is 0.250. The van der Waals surface area contributed by atoms with E-state index in [-0.39, 0.29) is 5.97 Å². The van der Waals surface area contributed by atoms with E-state index in [2.05, 4.69) is 22.6 Å². The number of ether oxygens (including phenoxy) is 2. The number of carbonyl (C=O) groups excluding carboxylic acids is 1. The molecule has 1 aromatic carbocycles. The van der Waals surface area contributed by atoms with E-state index in [1.807, 2.05) is 6.07 Å². The third-order valence-corrected chi connectivity index (χ3v) is 3.13. The van der Waals surface area contributed by atoms with Gasteiger partial charge in [-0.25, -0.2) is 4.79 Å². The average molecular weight is 346 g/mol. The molecule has 0 N–H and O–H groups in total. The number of hydrogen-bond acceptors (Lipinski definition) is 4. The number of carbonyl (C=O) groups is 1. The predicted octanol–water partition coefficient (Wildman–Crippen LogP) is 2.97. The Morgan fingerprint density at radius 1 is 1.35 bits per heavy atom. The summed E-state index contributed by atoms with van der Waals surface area (Å²) in [6, 6.07) is 5.37. The summed E-state index contributed by atoms with van der Waals surface area (Å²) in [5, 5.41) is 0.879. The summed E-state index contributed by atoms with van der Waals surface area (Å²) in [6.07, 6.45) is 0. The molecule has 1 aromatic heterocycles. The van der Waals surface area contributed by atoms with Crippen molar-refractivity contribution >= 4 is 39.5 Å². The van der Waals surface area contributed by atoms with Crippen molar-refractivity contribution in [3.63, 3.8) is 0 Å². The molecule has 4 nitrogen and oxygen atoms in total. The van der Waals surface area contributed by atoms with Crippen LogP contribution in [0.25, 0.3) is 11.0 Å². The normalized spacial score (nSPS) is 10.8. The van der Waals surface area contributed by atoms with Crippen molar-refractivity contribution in [1.29, 1.82) is 0 Å². The maximum Gasteiger partial charge on any atom is 0.337 e. The van der Waals surface area contributed by atoms with E-state index in [9.17, 15) is 4.79 Å². The van der Waals surface area contributed by atoms with E-state index in [0.717, 1.165) is 20.3 Å². The van der Waals surface area contributed by atoms with E-state index in [4.69, 9.17) is 13.9 Å². The molecular weight excluding hydrogens is 335 g/mol. The van der Waals surface area contributed by atoms with Crippen LogP contribution in [0.1, 0.15) is 16.1 Å². The van der Waals surface area contributed by atoms with Gasteiger partial charge in [0.25, 0.3) is 0 Å². The molecule has 5 heteroatoms. The van der Waals surface area contributed by atoms with E-state index >= 15 is 0 Å². The summed E-state index contributed by atoms with van der Waals surface area (Å²) in [6.45, 7) is 0.415. The summed E-state index contributed by atoms with van der Waals surface area (Å²) >= 11 is 2.13. The third-order valence-electron chi connectivity index (χ3n) is 2.33. The van der Waals surface area contributed by atoms with Gasteiger partial charge in [0.1, 0.15) is 18.0 Å². The molecule has 0 fully saturated rings. The van der Waals surface area contributed by atoms with Crippen molar-refractivity contribution in [2.45, 2.75) is 6.61 Å². The van der Waals surface area contributed by atoms with E-state index in [0.29, 0.717) is 12.2 Å². The lowest BCUT2D eigenvalue weighted by Gasteiger charge is -2.00. The number of halogens is 1. The highest BCUT2D eigenvalue weighted by molar-refractivity contribution is 14.1. The quantitative estimate of drug-likeness (QED) is 0.633. The molecule has 0 spiro atoms. The Bertz CT molecular complexity index is 559. The first-order valence-electron chi connectivity index (χ1n) is 4.95. The second-order valence-electron chi connectivity index (χ2n) is 3.51. The fourth-order valence-electron chi connectivity index (χ4n) is 1.61. The number of benzene rings is 1. The summed E-state index contributed by atoms with van der Waals surface area (Å²) in [5.41, 5.74) is 1.29. The monoisotopic (exact) mass is 346 g/mol. The molecule has 17 heavy (non-hydrogen) atoms. The first kappa shape index (κ1) is 12.4. The summed E-state index contributed by atoms with van der Waals surface area (Å²) < 4.78 is 16.2. The van der Waals surface area contributed by atoms with Crippen molar-refractivity contribution in [2.24, 2.45) is 0 Å². The summed E-state index contributed by atoms with van der Waals surface area (Å²) in [7, 11) is 2.98. The maximum absolute atomic E-state index is 11.5. The molecule has 0 amide bonds. The minimum Gasteiger partial charge on any atom is -0.465 e. The molecule has 0 radical (unpaired) electrons. The van der Waals surface area contributed by atoms with Crippen LogP contribution in [-0.4, -0.2) is 20.2 Å². The largest absolute Gasteiger partial charge is 0.465 e. The molecule has 0 aliphatic rings. The number of esters is 1. The zero-order valence-corrected chi connectivity index (χ0v) is 11.6. The van der Waals surface area contributed by atoms with Crippen LogP contribution >= 0.6 is 22.6 Å². The van der Waals surface area contributed by atoms with Crippen LogP contribution in [0, 0.1) is 3.57 Å². The Morgan fingerprint density at radius 2 is 2.12 bits per heavy atom. The highest BCUT2D eigenvalue weighted by Gasteiger charge is 2.13. The Labute approximate surface area is 112 Å². The molecule has 0 saturated carbocycles. The van der Waals surface area contributed by atoms with E-state index < -0.39 is 0 Å². The lowest BCUT2D eigenvalue weighted by atomic mass is 10.1. The standard InChI is InChI=1S/C12H11IO4/c1-15-6-9-4-7-3-8(12(14)16-2)5-10(13)11(7)17-9/h3-5H,6H2,1-2H3. The van der Waals surface area contributed by atoms with Crippen LogP contribution in [0.3, 0.4) is 0 Å². The SMILES string of the molecule is COCc1cc2cc(C(=O)OC)cc(I)c2o1. The number of hydrogen-bond donors (Lipinski definition) is 0. The molecule has 0 saturated heterocycles. The lowest BCUT2D eigenvalue weighted by Crippen LogP contribution is -2.01. The lowest BCUT2D eigenvalue weighted by molar-refractivity contribution is 0.0601. The van der Waals surface area contributed by atoms with Gasteiger partial charge in [-0.15, -0.1) is 0 Å². The topological polar surface area (TPSA) is 48.7 Å². The van der Waals surface area contributed by atoms with Crippen LogP contribution in [0.4, 0.5) is 0 Å². The van der Waals surface area contributed by atoms with Crippen LogP contribution in [-0.2, 0) is 16.1 Å². The van der Waals surface area contributed by atoms with Gasteiger partial charge in [0, 0.05) is 12.5 Å². The minimum atomic E-state index is -0.348. The van der Waals surface area contributed by atoms with Crippen molar-refractivity contribution < 1.29 is 18.7 Å². The Balaban J connectivity index is 2.53. The van der Waals surface area contributed by atoms with Crippen LogP contribution in [0.2, 0.25) is 0 Å². The van der Waals surface area contributed by atoms with Crippen molar-refractivity contribution in [3.05, 3.63) is 33.1 Å². The van der Waals surface area contributed by atoms with Crippen LogP contribution in [0.5, 0.6) is 0 Å². The summed E-state index contributed by atoms with van der Waals surface area (Å²) in [4.78, 5) is 11.5. The van der Waals surface area contributed by atoms with Gasteiger partial charge < -0.3 is 13.9 Å². The van der Waals surface area contributed by atoms with Crippen molar-refractivity contribution in [3.8, 4) is 0 Å². The Hall–Kier alpha value is -1.08. The summed E-state index contributed by atoms with van der Waals surface area (Å²) in [5.74, 6) is 0.390. The Kier molecular flexibility index (Phi) is 3.68. The van der Waals surface area contributed by atoms with E-state index in [1.54, 1.807) is 19.2 Å². The number of rotatable bonds is 3. The second-order valence-corrected chi connectivity index (χ2v) is 4.68. The molecular formula is C12H11IO4. The Morgan fingerprint density at radius 3 is 2.76 bits per heavy atom. The van der Waals surface area contributed by atoms with Gasteiger partial charge in [-0.1, -0.05) is 0 Å². The van der Waals surface area contributed by atoms with Gasteiger partial charge in [-0.05, 0) is 40.8 Å². The highest BCUT2D eigenvalue weighted by Crippen LogP contribution is 2.26. The number of methoxy groups -OCH3 is 2. The predicted molar refractivity (Wildman–Crippen MR) is 71.0 cm³/mol. The second kappa shape index (κ2) is 5.05. The van der Waals surface area contributed by atoms with Crippen LogP contribution < -0.4 is 0 Å². The molecule has 2 aromatic rings. The third kappa shape index (κ3) is 2.44. The smallest absolute Gasteiger partial charge is 0.337 e. The minimum absolute atomic E-state index is 0.348. The molecule has 1 heterocycles. The van der Waals surface area contributed by atoms with Gasteiger partial charge in [0.05, 0.1) is 16.2 Å². The van der Waals surface area contributed by atoms with Gasteiger partial charge in [-0.2, -0.15) is 0 Å². The number of furan rings is 1. The molecule has 0 aliphatic heterocycles.